The number of hydrogen-bond donors (Lipinski definition) is 2. The molecule has 0 saturated heterocycles. The van der Waals surface area contributed by atoms with Crippen molar-refractivity contribution < 1.29 is 19.1 Å². The summed E-state index contributed by atoms with van der Waals surface area (Å²) in [5.41, 5.74) is 8.25. The third kappa shape index (κ3) is 7.07. The Balaban J connectivity index is 1.26. The predicted molar refractivity (Wildman–Crippen MR) is 148 cm³/mol. The molecule has 0 bridgehead atoms. The summed E-state index contributed by atoms with van der Waals surface area (Å²) in [6, 6.07) is 22.2. The van der Waals surface area contributed by atoms with Crippen LogP contribution in [0.4, 0.5) is 0 Å². The van der Waals surface area contributed by atoms with E-state index in [0.717, 1.165) is 27.8 Å². The molecule has 194 valence electrons. The molecule has 0 aliphatic carbocycles. The predicted octanol–water partition coefficient (Wildman–Crippen LogP) is 4.35. The summed E-state index contributed by atoms with van der Waals surface area (Å²) in [5.74, 6) is 0.984. The molecule has 0 fully saturated rings. The number of carbonyl (C=O) groups excluding carboxylic acids is 2. The summed E-state index contributed by atoms with van der Waals surface area (Å²) in [6.07, 6.45) is 6.08. The Morgan fingerprint density at radius 3 is 2.16 bits per heavy atom. The zero-order chi connectivity index (χ0) is 26.7. The Kier molecular flexibility index (Phi) is 8.85. The van der Waals surface area contributed by atoms with E-state index in [4.69, 9.17) is 9.47 Å². The van der Waals surface area contributed by atoms with Gasteiger partial charge in [-0.1, -0.05) is 24.3 Å². The number of carbonyl (C=O) groups is 2. The highest BCUT2D eigenvalue weighted by Crippen LogP contribution is 2.19. The third-order valence-corrected chi connectivity index (χ3v) is 5.81. The Bertz CT molecular complexity index is 1470. The van der Waals surface area contributed by atoms with Crippen LogP contribution >= 0.6 is 0 Å². The first-order valence-corrected chi connectivity index (χ1v) is 12.1. The van der Waals surface area contributed by atoms with E-state index in [1.54, 1.807) is 32.7 Å². The molecule has 1 heterocycles. The van der Waals surface area contributed by atoms with E-state index in [2.05, 4.69) is 25.6 Å². The SMILES string of the molecule is COc1cccc(/C=N/NC(=O)CCCn2ccc3cc(C(=O)N/N=C/c4cccc(OC)c4)ccc32)c1. The van der Waals surface area contributed by atoms with Gasteiger partial charge in [0.05, 0.1) is 26.6 Å². The van der Waals surface area contributed by atoms with Gasteiger partial charge in [-0.2, -0.15) is 10.2 Å². The third-order valence-electron chi connectivity index (χ3n) is 5.81. The minimum atomic E-state index is -0.301. The molecule has 2 N–H and O–H groups in total. The van der Waals surface area contributed by atoms with Crippen molar-refractivity contribution >= 4 is 35.1 Å². The van der Waals surface area contributed by atoms with Crippen LogP contribution in [0.25, 0.3) is 10.9 Å². The maximum atomic E-state index is 12.5. The number of nitrogens with one attached hydrogen (secondary N) is 2. The zero-order valence-corrected chi connectivity index (χ0v) is 21.3. The fourth-order valence-electron chi connectivity index (χ4n) is 3.85. The fraction of sp³-hybridized carbons (Fsp3) is 0.172. The van der Waals surface area contributed by atoms with Crippen LogP contribution in [-0.4, -0.2) is 43.0 Å². The number of methoxy groups -OCH3 is 2. The molecule has 3 aromatic carbocycles. The number of hydrogen-bond acceptors (Lipinski definition) is 6. The lowest BCUT2D eigenvalue weighted by molar-refractivity contribution is -0.121. The van der Waals surface area contributed by atoms with Gasteiger partial charge in [0, 0.05) is 35.6 Å². The number of aryl methyl sites for hydroxylation is 1. The summed E-state index contributed by atoms with van der Waals surface area (Å²) in [4.78, 5) is 24.7. The van der Waals surface area contributed by atoms with Crippen LogP contribution in [0.5, 0.6) is 11.5 Å². The van der Waals surface area contributed by atoms with E-state index in [9.17, 15) is 9.59 Å². The normalized spacial score (nSPS) is 11.2. The molecule has 4 rings (SSSR count). The summed E-state index contributed by atoms with van der Waals surface area (Å²) in [6.45, 7) is 0.660. The molecule has 38 heavy (non-hydrogen) atoms. The highest BCUT2D eigenvalue weighted by molar-refractivity contribution is 5.98. The molecule has 0 spiro atoms. The van der Waals surface area contributed by atoms with Crippen LogP contribution in [0.15, 0.2) is 89.2 Å². The largest absolute Gasteiger partial charge is 0.497 e. The molecule has 0 unspecified atom stereocenters. The van der Waals surface area contributed by atoms with Crippen molar-refractivity contribution in [2.75, 3.05) is 14.2 Å². The van der Waals surface area contributed by atoms with Crippen molar-refractivity contribution in [2.45, 2.75) is 19.4 Å². The number of fused-ring (bicyclic) bond motifs is 1. The Morgan fingerprint density at radius 2 is 1.50 bits per heavy atom. The Morgan fingerprint density at radius 1 is 0.842 bits per heavy atom. The van der Waals surface area contributed by atoms with Gasteiger partial charge < -0.3 is 14.0 Å². The van der Waals surface area contributed by atoms with Gasteiger partial charge in [0.25, 0.3) is 5.91 Å². The van der Waals surface area contributed by atoms with Crippen LogP contribution in [0.2, 0.25) is 0 Å². The average Bonchev–Trinajstić information content (AvgIpc) is 3.35. The van der Waals surface area contributed by atoms with E-state index in [1.165, 1.54) is 0 Å². The van der Waals surface area contributed by atoms with E-state index in [-0.39, 0.29) is 11.8 Å². The van der Waals surface area contributed by atoms with Crippen molar-refractivity contribution in [2.24, 2.45) is 10.2 Å². The molecule has 4 aromatic rings. The van der Waals surface area contributed by atoms with Crippen molar-refractivity contribution in [3.05, 3.63) is 95.7 Å². The molecule has 0 aliphatic heterocycles. The molecular formula is C29H29N5O4. The summed E-state index contributed by atoms with van der Waals surface area (Å²) >= 11 is 0. The van der Waals surface area contributed by atoms with E-state index < -0.39 is 0 Å². The molecule has 0 saturated carbocycles. The van der Waals surface area contributed by atoms with Crippen LogP contribution in [0.1, 0.15) is 34.3 Å². The number of nitrogens with zero attached hydrogens (tertiary/aromatic N) is 3. The Hall–Kier alpha value is -4.92. The van der Waals surface area contributed by atoms with E-state index in [0.29, 0.717) is 30.7 Å². The molecule has 0 radical (unpaired) electrons. The maximum absolute atomic E-state index is 12.5. The van der Waals surface area contributed by atoms with Gasteiger partial charge in [-0.05, 0) is 66.1 Å². The summed E-state index contributed by atoms with van der Waals surface area (Å²) in [7, 11) is 3.20. The number of aromatic nitrogens is 1. The topological polar surface area (TPSA) is 106 Å². The number of ether oxygens (including phenoxy) is 2. The minimum absolute atomic E-state index is 0.158. The molecule has 0 aliphatic rings. The van der Waals surface area contributed by atoms with Gasteiger partial charge in [-0.3, -0.25) is 9.59 Å². The zero-order valence-electron chi connectivity index (χ0n) is 21.3. The lowest BCUT2D eigenvalue weighted by atomic mass is 10.1. The van der Waals surface area contributed by atoms with Crippen LogP contribution in [-0.2, 0) is 11.3 Å². The number of benzene rings is 3. The van der Waals surface area contributed by atoms with Gasteiger partial charge in [-0.25, -0.2) is 10.9 Å². The monoisotopic (exact) mass is 511 g/mol. The highest BCUT2D eigenvalue weighted by atomic mass is 16.5. The summed E-state index contributed by atoms with van der Waals surface area (Å²) < 4.78 is 12.4. The standard InChI is InChI=1S/C29H29N5O4/c1-37-25-8-3-6-21(16-25)19-30-32-28(35)10-5-14-34-15-13-23-18-24(11-12-27(23)34)29(36)33-31-20-22-7-4-9-26(17-22)38-2/h3-4,6-9,11-13,15-20H,5,10,14H2,1-2H3,(H,32,35)(H,33,36)/b30-19+,31-20+. The number of rotatable bonds is 11. The van der Waals surface area contributed by atoms with Crippen molar-refractivity contribution in [1.82, 2.24) is 15.4 Å². The highest BCUT2D eigenvalue weighted by Gasteiger charge is 2.08. The molecular weight excluding hydrogens is 482 g/mol. The molecule has 1 aromatic heterocycles. The molecule has 2 amide bonds. The maximum Gasteiger partial charge on any atom is 0.271 e. The van der Waals surface area contributed by atoms with Crippen molar-refractivity contribution in [3.8, 4) is 11.5 Å². The smallest absolute Gasteiger partial charge is 0.271 e. The van der Waals surface area contributed by atoms with Gasteiger partial charge >= 0.3 is 0 Å². The van der Waals surface area contributed by atoms with Crippen LogP contribution in [0.3, 0.4) is 0 Å². The fourth-order valence-corrected chi connectivity index (χ4v) is 3.85. The van der Waals surface area contributed by atoms with Crippen molar-refractivity contribution in [1.29, 1.82) is 0 Å². The quantitative estimate of drug-likeness (QED) is 0.231. The van der Waals surface area contributed by atoms with Gasteiger partial charge in [0.2, 0.25) is 5.91 Å². The number of amides is 2. The average molecular weight is 512 g/mol. The van der Waals surface area contributed by atoms with Crippen LogP contribution in [0, 0.1) is 0 Å². The van der Waals surface area contributed by atoms with Crippen LogP contribution < -0.4 is 20.3 Å². The number of hydrazone groups is 2. The molecule has 0 atom stereocenters. The second-order valence-electron chi connectivity index (χ2n) is 8.43. The summed E-state index contributed by atoms with van der Waals surface area (Å²) in [5, 5.41) is 8.99. The first-order chi connectivity index (χ1) is 18.6. The van der Waals surface area contributed by atoms with E-state index >= 15 is 0 Å². The lowest BCUT2D eigenvalue weighted by Gasteiger charge is -2.06. The van der Waals surface area contributed by atoms with E-state index in [1.807, 2.05) is 72.9 Å². The van der Waals surface area contributed by atoms with Gasteiger partial charge in [-0.15, -0.1) is 0 Å². The molecule has 9 heteroatoms. The van der Waals surface area contributed by atoms with Gasteiger partial charge in [0.15, 0.2) is 0 Å². The first kappa shape index (κ1) is 26.2. The molecule has 9 nitrogen and oxygen atoms in total. The van der Waals surface area contributed by atoms with Crippen molar-refractivity contribution in [3.63, 3.8) is 0 Å². The first-order valence-electron chi connectivity index (χ1n) is 12.1. The second-order valence-corrected chi connectivity index (χ2v) is 8.43. The second kappa shape index (κ2) is 12.9. The Labute approximate surface area is 220 Å². The van der Waals surface area contributed by atoms with Gasteiger partial charge in [0.1, 0.15) is 11.5 Å². The lowest BCUT2D eigenvalue weighted by Crippen LogP contribution is -2.18. The minimum Gasteiger partial charge on any atom is -0.497 e.